The lowest BCUT2D eigenvalue weighted by Crippen LogP contribution is -2.34. The van der Waals surface area contributed by atoms with Gasteiger partial charge in [0, 0.05) is 55.7 Å². The summed E-state index contributed by atoms with van der Waals surface area (Å²) in [6.45, 7) is 3.89. The number of methoxy groups -OCH3 is 1. The highest BCUT2D eigenvalue weighted by atomic mass is 16.5. The molecule has 170 valence electrons. The van der Waals surface area contributed by atoms with Crippen molar-refractivity contribution in [3.8, 4) is 23.2 Å². The van der Waals surface area contributed by atoms with Gasteiger partial charge >= 0.3 is 0 Å². The van der Waals surface area contributed by atoms with Crippen LogP contribution in [0.15, 0.2) is 47.2 Å². The van der Waals surface area contributed by atoms with Gasteiger partial charge in [-0.15, -0.1) is 0 Å². The molecule has 1 N–H and O–H groups in total. The summed E-state index contributed by atoms with van der Waals surface area (Å²) in [5.41, 5.74) is 2.64. The highest BCUT2D eigenvalue weighted by Crippen LogP contribution is 2.51. The number of carbonyl (C=O) groups is 1. The summed E-state index contributed by atoms with van der Waals surface area (Å²) in [5, 5.41) is 14.0. The summed E-state index contributed by atoms with van der Waals surface area (Å²) >= 11 is 0. The van der Waals surface area contributed by atoms with E-state index in [1.54, 1.807) is 20.2 Å². The number of likely N-dealkylation sites (tertiary alicyclic amines) is 1. The van der Waals surface area contributed by atoms with Crippen LogP contribution >= 0.6 is 0 Å². The second-order valence-corrected chi connectivity index (χ2v) is 8.70. The number of hydrogen-bond acceptors (Lipinski definition) is 6. The highest BCUT2D eigenvalue weighted by Gasteiger charge is 2.55. The fourth-order valence-corrected chi connectivity index (χ4v) is 4.56. The number of carbonyl (C=O) groups excluding carboxylic acids is 1. The van der Waals surface area contributed by atoms with Crippen molar-refractivity contribution in [3.63, 3.8) is 0 Å². The molecule has 33 heavy (non-hydrogen) atoms. The predicted octanol–water partition coefficient (Wildman–Crippen LogP) is 2.34. The van der Waals surface area contributed by atoms with E-state index < -0.39 is 6.10 Å². The van der Waals surface area contributed by atoms with Gasteiger partial charge in [0.25, 0.3) is 0 Å². The van der Waals surface area contributed by atoms with Crippen LogP contribution in [-0.4, -0.2) is 57.4 Å². The fraction of sp³-hybridized carbons (Fsp3) is 0.400. The molecule has 0 radical (unpaired) electrons. The second kappa shape index (κ2) is 8.85. The Balaban J connectivity index is 1.18. The van der Waals surface area contributed by atoms with E-state index in [-0.39, 0.29) is 12.5 Å². The smallest absolute Gasteiger partial charge is 0.248 e. The average Bonchev–Trinajstić information content (AvgIpc) is 3.30. The third kappa shape index (κ3) is 4.42. The second-order valence-electron chi connectivity index (χ2n) is 8.70. The maximum Gasteiger partial charge on any atom is 0.248 e. The van der Waals surface area contributed by atoms with Crippen molar-refractivity contribution >= 4 is 5.91 Å². The number of amides is 1. The van der Waals surface area contributed by atoms with Crippen LogP contribution in [0.3, 0.4) is 0 Å². The van der Waals surface area contributed by atoms with E-state index in [1.165, 1.54) is 0 Å². The number of nitrogens with zero attached hydrogens (tertiary/aromatic N) is 4. The Hall–Kier alpha value is -3.41. The molecule has 2 fully saturated rings. The van der Waals surface area contributed by atoms with Crippen molar-refractivity contribution in [2.24, 2.45) is 17.8 Å². The van der Waals surface area contributed by atoms with Gasteiger partial charge in [-0.3, -0.25) is 4.79 Å². The monoisotopic (exact) mass is 446 g/mol. The number of aliphatic hydroxyl groups is 1. The first-order valence-corrected chi connectivity index (χ1v) is 11.1. The van der Waals surface area contributed by atoms with Crippen LogP contribution in [0.1, 0.15) is 30.1 Å². The molecule has 8 nitrogen and oxygen atoms in total. The normalized spacial score (nSPS) is 21.9. The first kappa shape index (κ1) is 21.4. The maximum atomic E-state index is 11.9. The maximum absolute atomic E-state index is 11.9. The number of imidazole rings is 1. The Labute approximate surface area is 192 Å². The standard InChI is InChI=1S/C25H26N4O4/c1-16(30)25-26-9-10-28(25)12-19-11-23(33-27-19)18-6-3-17(4-7-18)5-8-20-21-13-29(14-22(20)21)24(31)15-32-2/h3-4,6-7,9-11,16,20-22,30H,12-15H2,1-2H3/t16-,20-,21-,22+/m0/s1. The van der Waals surface area contributed by atoms with Crippen molar-refractivity contribution in [1.29, 1.82) is 0 Å². The minimum atomic E-state index is -0.646. The van der Waals surface area contributed by atoms with Gasteiger partial charge in [0.05, 0.1) is 6.54 Å². The zero-order valence-corrected chi connectivity index (χ0v) is 18.6. The van der Waals surface area contributed by atoms with Gasteiger partial charge in [0.2, 0.25) is 5.91 Å². The quantitative estimate of drug-likeness (QED) is 0.584. The molecule has 0 spiro atoms. The van der Waals surface area contributed by atoms with Crippen LogP contribution in [0.4, 0.5) is 0 Å². The fourth-order valence-electron chi connectivity index (χ4n) is 4.56. The van der Waals surface area contributed by atoms with Crippen molar-refractivity contribution in [2.45, 2.75) is 19.6 Å². The lowest BCUT2D eigenvalue weighted by molar-refractivity contribution is -0.134. The molecule has 2 aromatic heterocycles. The van der Waals surface area contributed by atoms with Crippen LogP contribution in [0.2, 0.25) is 0 Å². The van der Waals surface area contributed by atoms with Crippen LogP contribution in [-0.2, 0) is 16.1 Å². The summed E-state index contributed by atoms with van der Waals surface area (Å²) in [4.78, 5) is 18.0. The van der Waals surface area contributed by atoms with Crippen molar-refractivity contribution < 1.29 is 19.2 Å². The Kier molecular flexibility index (Phi) is 5.75. The zero-order valence-electron chi connectivity index (χ0n) is 18.6. The van der Waals surface area contributed by atoms with Crippen LogP contribution < -0.4 is 0 Å². The summed E-state index contributed by atoms with van der Waals surface area (Å²) in [5.74, 6) is 9.37. The molecule has 1 aliphatic carbocycles. The molecule has 1 aliphatic heterocycles. The molecular weight excluding hydrogens is 420 g/mol. The third-order valence-corrected chi connectivity index (χ3v) is 6.38. The lowest BCUT2D eigenvalue weighted by Gasteiger charge is -2.18. The Morgan fingerprint density at radius 2 is 2.06 bits per heavy atom. The molecule has 4 atom stereocenters. The minimum absolute atomic E-state index is 0.0657. The Bertz CT molecular complexity index is 1190. The number of aliphatic hydroxyl groups excluding tert-OH is 1. The summed E-state index contributed by atoms with van der Waals surface area (Å²) in [6.07, 6.45) is 2.83. The number of aromatic nitrogens is 3. The zero-order chi connectivity index (χ0) is 22.9. The van der Waals surface area contributed by atoms with Crippen molar-refractivity contribution in [2.75, 3.05) is 26.8 Å². The largest absolute Gasteiger partial charge is 0.385 e. The van der Waals surface area contributed by atoms with E-state index >= 15 is 0 Å². The van der Waals surface area contributed by atoms with E-state index in [0.717, 1.165) is 29.9 Å². The summed E-state index contributed by atoms with van der Waals surface area (Å²) in [6, 6.07) is 9.82. The number of ether oxygens (including phenoxy) is 1. The van der Waals surface area contributed by atoms with Gasteiger partial charge < -0.3 is 23.8 Å². The van der Waals surface area contributed by atoms with E-state index in [4.69, 9.17) is 9.26 Å². The molecular formula is C25H26N4O4. The molecule has 0 bridgehead atoms. The number of piperidine rings is 1. The lowest BCUT2D eigenvalue weighted by atomic mass is 10.1. The number of fused-ring (bicyclic) bond motifs is 1. The Morgan fingerprint density at radius 3 is 2.76 bits per heavy atom. The SMILES string of the molecule is COCC(=O)N1C[C@@H]2[C@@H](C#Cc3ccc(-c4cc(Cn5ccnc5[C@H](C)O)no4)cc3)[C@@H]2C1. The molecule has 5 rings (SSSR count). The minimum Gasteiger partial charge on any atom is -0.385 e. The third-order valence-electron chi connectivity index (χ3n) is 6.38. The van der Waals surface area contributed by atoms with E-state index in [0.29, 0.717) is 35.9 Å². The predicted molar refractivity (Wildman–Crippen MR) is 120 cm³/mol. The van der Waals surface area contributed by atoms with Gasteiger partial charge in [-0.25, -0.2) is 4.98 Å². The molecule has 2 aliphatic rings. The number of benzene rings is 1. The molecule has 8 heteroatoms. The topological polar surface area (TPSA) is 93.6 Å². The number of rotatable bonds is 6. The van der Waals surface area contributed by atoms with Crippen LogP contribution in [0.25, 0.3) is 11.3 Å². The van der Waals surface area contributed by atoms with Crippen LogP contribution in [0.5, 0.6) is 0 Å². The molecule has 3 heterocycles. The average molecular weight is 447 g/mol. The van der Waals surface area contributed by atoms with Crippen molar-refractivity contribution in [3.05, 3.63) is 59.8 Å². The Morgan fingerprint density at radius 1 is 1.30 bits per heavy atom. The molecule has 1 saturated heterocycles. The molecule has 1 amide bonds. The summed E-state index contributed by atoms with van der Waals surface area (Å²) in [7, 11) is 1.55. The van der Waals surface area contributed by atoms with E-state index in [2.05, 4.69) is 22.0 Å². The molecule has 1 aromatic carbocycles. The summed E-state index contributed by atoms with van der Waals surface area (Å²) < 4.78 is 12.3. The first-order chi connectivity index (χ1) is 16.0. The molecule has 0 unspecified atom stereocenters. The van der Waals surface area contributed by atoms with Gasteiger partial charge in [0.1, 0.15) is 24.2 Å². The molecule has 1 saturated carbocycles. The van der Waals surface area contributed by atoms with Crippen molar-refractivity contribution in [1.82, 2.24) is 19.6 Å². The molecule has 3 aromatic rings. The van der Waals surface area contributed by atoms with Gasteiger partial charge in [-0.2, -0.15) is 0 Å². The first-order valence-electron chi connectivity index (χ1n) is 11.1. The van der Waals surface area contributed by atoms with Crippen LogP contribution in [0, 0.1) is 29.6 Å². The van der Waals surface area contributed by atoms with E-state index in [9.17, 15) is 9.90 Å². The van der Waals surface area contributed by atoms with Gasteiger partial charge in [-0.1, -0.05) is 17.0 Å². The van der Waals surface area contributed by atoms with E-state index in [1.807, 2.05) is 46.0 Å². The van der Waals surface area contributed by atoms with Gasteiger partial charge in [-0.05, 0) is 43.0 Å². The highest BCUT2D eigenvalue weighted by molar-refractivity contribution is 5.78. The number of hydrogen-bond donors (Lipinski definition) is 1. The van der Waals surface area contributed by atoms with Gasteiger partial charge in [0.15, 0.2) is 5.76 Å².